The molecular weight excluding hydrogens is 428 g/mol. The Labute approximate surface area is 178 Å². The summed E-state index contributed by atoms with van der Waals surface area (Å²) in [4.78, 5) is 5.91. The van der Waals surface area contributed by atoms with Crippen molar-refractivity contribution in [3.63, 3.8) is 0 Å². The molecule has 1 aliphatic rings. The fourth-order valence-corrected chi connectivity index (χ4v) is 5.77. The van der Waals surface area contributed by atoms with E-state index in [1.807, 2.05) is 24.4 Å². The Bertz CT molecular complexity index is 1120. The molecule has 2 aromatic carbocycles. The third-order valence-corrected chi connectivity index (χ3v) is 7.98. The van der Waals surface area contributed by atoms with Crippen LogP contribution in [0.25, 0.3) is 10.6 Å². The van der Waals surface area contributed by atoms with Crippen LogP contribution < -0.4 is 0 Å². The third kappa shape index (κ3) is 4.29. The van der Waals surface area contributed by atoms with E-state index in [1.54, 1.807) is 11.3 Å². The lowest BCUT2D eigenvalue weighted by Gasteiger charge is -2.33. The van der Waals surface area contributed by atoms with E-state index >= 15 is 0 Å². The molecule has 0 bridgehead atoms. The number of nitrogens with zero attached hydrogens (tertiary/aromatic N) is 3. The second-order valence-electron chi connectivity index (χ2n) is 7.24. The summed E-state index contributed by atoms with van der Waals surface area (Å²) in [7, 11) is -4.21. The molecule has 1 saturated heterocycles. The molecule has 5 nitrogen and oxygen atoms in total. The molecule has 0 saturated carbocycles. The van der Waals surface area contributed by atoms with Gasteiger partial charge in [0.25, 0.3) is 0 Å². The molecule has 0 radical (unpaired) electrons. The van der Waals surface area contributed by atoms with E-state index in [9.17, 15) is 17.2 Å². The second kappa shape index (κ2) is 8.50. The number of halogens is 2. The number of aromatic nitrogens is 1. The average molecular weight is 450 g/mol. The zero-order chi connectivity index (χ0) is 21.3. The van der Waals surface area contributed by atoms with Crippen molar-refractivity contribution in [3.05, 3.63) is 70.7 Å². The van der Waals surface area contributed by atoms with E-state index in [0.717, 1.165) is 38.8 Å². The molecule has 4 rings (SSSR count). The molecule has 0 atom stereocenters. The maximum atomic E-state index is 14.0. The second-order valence-corrected chi connectivity index (χ2v) is 9.97. The molecule has 0 aliphatic carbocycles. The normalized spacial score (nSPS) is 16.1. The number of rotatable bonds is 5. The van der Waals surface area contributed by atoms with Crippen LogP contribution in [0.5, 0.6) is 0 Å². The standard InChI is InChI=1S/C21H21F2N3O2S2/c1-15-5-7-16(8-6-15)21-24-17(14-29-21)13-25-9-11-26(12-10-25)30(27,28)20-18(22)3-2-4-19(20)23/h2-8,14H,9-13H2,1H3. The molecule has 2 heterocycles. The molecule has 1 aliphatic heterocycles. The van der Waals surface area contributed by atoms with Gasteiger partial charge in [0.15, 0.2) is 4.90 Å². The minimum absolute atomic E-state index is 0.172. The van der Waals surface area contributed by atoms with Gasteiger partial charge in [-0.3, -0.25) is 4.90 Å². The topological polar surface area (TPSA) is 53.5 Å². The average Bonchev–Trinajstić information content (AvgIpc) is 3.17. The van der Waals surface area contributed by atoms with Crippen LogP contribution in [0.4, 0.5) is 8.78 Å². The Morgan fingerprint density at radius 3 is 2.27 bits per heavy atom. The Morgan fingerprint density at radius 1 is 1.00 bits per heavy atom. The predicted molar refractivity (Wildman–Crippen MR) is 113 cm³/mol. The summed E-state index contributed by atoms with van der Waals surface area (Å²) in [6.45, 7) is 3.91. The highest BCUT2D eigenvalue weighted by Crippen LogP contribution is 2.26. The van der Waals surface area contributed by atoms with Crippen molar-refractivity contribution >= 4 is 21.4 Å². The minimum atomic E-state index is -4.21. The predicted octanol–water partition coefficient (Wildman–Crippen LogP) is 3.90. The lowest BCUT2D eigenvalue weighted by molar-refractivity contribution is 0.180. The van der Waals surface area contributed by atoms with Crippen molar-refractivity contribution in [1.82, 2.24) is 14.2 Å². The fourth-order valence-electron chi connectivity index (χ4n) is 3.42. The van der Waals surface area contributed by atoms with Gasteiger partial charge in [0, 0.05) is 43.7 Å². The van der Waals surface area contributed by atoms with Gasteiger partial charge in [-0.2, -0.15) is 4.31 Å². The van der Waals surface area contributed by atoms with Gasteiger partial charge in [-0.15, -0.1) is 11.3 Å². The van der Waals surface area contributed by atoms with E-state index < -0.39 is 26.6 Å². The monoisotopic (exact) mass is 449 g/mol. The Morgan fingerprint density at radius 2 is 1.63 bits per heavy atom. The number of aryl methyl sites for hydroxylation is 1. The van der Waals surface area contributed by atoms with Gasteiger partial charge in [-0.1, -0.05) is 35.9 Å². The van der Waals surface area contributed by atoms with E-state index in [1.165, 1.54) is 5.56 Å². The fraction of sp³-hybridized carbons (Fsp3) is 0.286. The summed E-state index contributed by atoms with van der Waals surface area (Å²) in [6, 6.07) is 11.3. The number of hydrogen-bond acceptors (Lipinski definition) is 5. The molecule has 3 aromatic rings. The van der Waals surface area contributed by atoms with Crippen LogP contribution in [0.2, 0.25) is 0 Å². The molecule has 1 aromatic heterocycles. The molecule has 1 fully saturated rings. The van der Waals surface area contributed by atoms with Gasteiger partial charge in [-0.05, 0) is 19.1 Å². The van der Waals surface area contributed by atoms with Crippen molar-refractivity contribution in [3.8, 4) is 10.6 Å². The molecular formula is C21H21F2N3O2S2. The maximum Gasteiger partial charge on any atom is 0.249 e. The first-order chi connectivity index (χ1) is 14.3. The first-order valence-corrected chi connectivity index (χ1v) is 11.8. The lowest BCUT2D eigenvalue weighted by Crippen LogP contribution is -2.48. The van der Waals surface area contributed by atoms with Gasteiger partial charge in [0.1, 0.15) is 16.6 Å². The number of hydrogen-bond donors (Lipinski definition) is 0. The zero-order valence-corrected chi connectivity index (χ0v) is 18.0. The van der Waals surface area contributed by atoms with Crippen molar-refractivity contribution < 1.29 is 17.2 Å². The molecule has 0 spiro atoms. The highest BCUT2D eigenvalue weighted by atomic mass is 32.2. The minimum Gasteiger partial charge on any atom is -0.295 e. The molecule has 0 amide bonds. The van der Waals surface area contributed by atoms with Crippen LogP contribution in [0.15, 0.2) is 52.7 Å². The highest BCUT2D eigenvalue weighted by molar-refractivity contribution is 7.89. The van der Waals surface area contributed by atoms with Crippen LogP contribution in [0.3, 0.4) is 0 Å². The first-order valence-electron chi connectivity index (χ1n) is 9.52. The van der Waals surface area contributed by atoms with Gasteiger partial charge in [0.2, 0.25) is 10.0 Å². The highest BCUT2D eigenvalue weighted by Gasteiger charge is 2.33. The third-order valence-electron chi connectivity index (χ3n) is 5.08. The van der Waals surface area contributed by atoms with E-state index in [0.29, 0.717) is 19.6 Å². The largest absolute Gasteiger partial charge is 0.295 e. The van der Waals surface area contributed by atoms with Gasteiger partial charge < -0.3 is 0 Å². The van der Waals surface area contributed by atoms with Crippen molar-refractivity contribution in [2.45, 2.75) is 18.4 Å². The molecule has 30 heavy (non-hydrogen) atoms. The Kier molecular flexibility index (Phi) is 5.97. The van der Waals surface area contributed by atoms with Gasteiger partial charge in [-0.25, -0.2) is 22.2 Å². The zero-order valence-electron chi connectivity index (χ0n) is 16.4. The number of sulfonamides is 1. The van der Waals surface area contributed by atoms with Gasteiger partial charge >= 0.3 is 0 Å². The van der Waals surface area contributed by atoms with Crippen LogP contribution in [-0.2, 0) is 16.6 Å². The van der Waals surface area contributed by atoms with Crippen LogP contribution in [0, 0.1) is 18.6 Å². The Balaban J connectivity index is 1.40. The number of thiazole rings is 1. The molecule has 158 valence electrons. The SMILES string of the molecule is Cc1ccc(-c2nc(CN3CCN(S(=O)(=O)c4c(F)cccc4F)CC3)cs2)cc1. The number of benzene rings is 2. The summed E-state index contributed by atoms with van der Waals surface area (Å²) in [5.41, 5.74) is 3.19. The maximum absolute atomic E-state index is 14.0. The lowest BCUT2D eigenvalue weighted by atomic mass is 10.2. The summed E-state index contributed by atoms with van der Waals surface area (Å²) in [5.74, 6) is -2.13. The molecule has 0 N–H and O–H groups in total. The van der Waals surface area contributed by atoms with Crippen molar-refractivity contribution in [1.29, 1.82) is 0 Å². The van der Waals surface area contributed by atoms with Crippen LogP contribution in [0.1, 0.15) is 11.3 Å². The van der Waals surface area contributed by atoms with Crippen LogP contribution >= 0.6 is 11.3 Å². The van der Waals surface area contributed by atoms with E-state index in [-0.39, 0.29) is 13.1 Å². The summed E-state index contributed by atoms with van der Waals surface area (Å²) >= 11 is 1.57. The van der Waals surface area contributed by atoms with Crippen LogP contribution in [-0.4, -0.2) is 48.8 Å². The Hall–Kier alpha value is -2.20. The molecule has 0 unspecified atom stereocenters. The van der Waals surface area contributed by atoms with Crippen molar-refractivity contribution in [2.24, 2.45) is 0 Å². The smallest absolute Gasteiger partial charge is 0.249 e. The quantitative estimate of drug-likeness (QED) is 0.593. The van der Waals surface area contributed by atoms with E-state index in [4.69, 9.17) is 0 Å². The first kappa shape index (κ1) is 21.0. The summed E-state index contributed by atoms with van der Waals surface area (Å²) < 4.78 is 54.5. The summed E-state index contributed by atoms with van der Waals surface area (Å²) in [5, 5.41) is 2.95. The van der Waals surface area contributed by atoms with Gasteiger partial charge in [0.05, 0.1) is 5.69 Å². The van der Waals surface area contributed by atoms with E-state index in [2.05, 4.69) is 22.0 Å². The van der Waals surface area contributed by atoms with Crippen molar-refractivity contribution in [2.75, 3.05) is 26.2 Å². The molecule has 9 heteroatoms. The summed E-state index contributed by atoms with van der Waals surface area (Å²) in [6.07, 6.45) is 0. The number of piperazine rings is 1.